The van der Waals surface area contributed by atoms with Crippen LogP contribution in [0.4, 0.5) is 0 Å². The van der Waals surface area contributed by atoms with Gasteiger partial charge in [0, 0.05) is 50.0 Å². The maximum atomic E-state index is 13.4. The third-order valence-electron chi connectivity index (χ3n) is 6.90. The summed E-state index contributed by atoms with van der Waals surface area (Å²) < 4.78 is 27.1. The molecule has 1 aliphatic rings. The molecule has 0 unspecified atom stereocenters. The summed E-state index contributed by atoms with van der Waals surface area (Å²) in [7, 11) is -3.48. The zero-order valence-electron chi connectivity index (χ0n) is 21.9. The van der Waals surface area contributed by atoms with Crippen LogP contribution >= 0.6 is 11.6 Å². The fraction of sp³-hybridized carbons (Fsp3) is 0.345. The Bertz CT molecular complexity index is 1360. The van der Waals surface area contributed by atoms with Crippen LogP contribution < -0.4 is 5.32 Å². The third-order valence-corrected chi connectivity index (χ3v) is 9.07. The molecule has 1 aromatic heterocycles. The smallest absolute Gasteiger partial charge is 0.243 e. The summed E-state index contributed by atoms with van der Waals surface area (Å²) >= 11 is 6.03. The molecule has 3 aromatic rings. The highest BCUT2D eigenvalue weighted by Crippen LogP contribution is 2.22. The molecule has 1 N–H and O–H groups in total. The first-order valence-electron chi connectivity index (χ1n) is 13.0. The van der Waals surface area contributed by atoms with Crippen molar-refractivity contribution in [2.75, 3.05) is 13.1 Å². The number of hydrogen-bond acceptors (Lipinski definition) is 5. The molecule has 8 nitrogen and oxygen atoms in total. The maximum Gasteiger partial charge on any atom is 0.243 e. The van der Waals surface area contributed by atoms with E-state index in [1.807, 2.05) is 24.3 Å². The van der Waals surface area contributed by atoms with Gasteiger partial charge in [-0.3, -0.25) is 14.6 Å². The molecule has 1 aliphatic heterocycles. The highest BCUT2D eigenvalue weighted by Gasteiger charge is 2.28. The van der Waals surface area contributed by atoms with Crippen molar-refractivity contribution in [2.24, 2.45) is 0 Å². The van der Waals surface area contributed by atoms with Crippen LogP contribution in [-0.4, -0.2) is 53.6 Å². The number of pyridine rings is 1. The number of halogens is 1. The monoisotopic (exact) mass is 568 g/mol. The standard InChI is InChI=1S/C29H33ClN4O4S/c1-22(29(36)32-20-24-14-16-31-17-15-24)34(21-25-4-9-26(30)10-5-25)28(35)13-8-23-6-11-27(12-7-23)39(37,38)33-18-2-3-19-33/h4-7,9-12,14-17,22H,2-3,8,13,18-21H2,1H3,(H,32,36)/t22-/m0/s1. The summed E-state index contributed by atoms with van der Waals surface area (Å²) in [6.07, 6.45) is 5.68. The Balaban J connectivity index is 1.42. The Morgan fingerprint density at radius 1 is 0.949 bits per heavy atom. The van der Waals surface area contributed by atoms with Crippen LogP contribution in [0.15, 0.2) is 78.0 Å². The van der Waals surface area contributed by atoms with Crippen LogP contribution in [0.25, 0.3) is 0 Å². The molecule has 0 spiro atoms. The van der Waals surface area contributed by atoms with Gasteiger partial charge in [-0.25, -0.2) is 8.42 Å². The second kappa shape index (κ2) is 13.2. The van der Waals surface area contributed by atoms with Crippen LogP contribution in [0.1, 0.15) is 42.9 Å². The van der Waals surface area contributed by atoms with E-state index in [2.05, 4.69) is 10.3 Å². The molecule has 2 aromatic carbocycles. The fourth-order valence-electron chi connectivity index (χ4n) is 4.51. The molecule has 2 heterocycles. The summed E-state index contributed by atoms with van der Waals surface area (Å²) in [4.78, 5) is 32.3. The Hall–Kier alpha value is -3.27. The normalized spacial score (nSPS) is 14.6. The second-order valence-corrected chi connectivity index (χ2v) is 12.0. The number of rotatable bonds is 11. The zero-order valence-corrected chi connectivity index (χ0v) is 23.5. The van der Waals surface area contributed by atoms with E-state index in [1.165, 1.54) is 4.31 Å². The van der Waals surface area contributed by atoms with Crippen molar-refractivity contribution in [2.45, 2.75) is 56.6 Å². The van der Waals surface area contributed by atoms with Gasteiger partial charge in [-0.1, -0.05) is 35.9 Å². The quantitative estimate of drug-likeness (QED) is 0.374. The van der Waals surface area contributed by atoms with E-state index < -0.39 is 16.1 Å². The van der Waals surface area contributed by atoms with Gasteiger partial charge in [-0.05, 0) is 79.3 Å². The molecule has 39 heavy (non-hydrogen) atoms. The first kappa shape index (κ1) is 28.7. The van der Waals surface area contributed by atoms with Gasteiger partial charge in [0.05, 0.1) is 4.90 Å². The van der Waals surface area contributed by atoms with Crippen molar-refractivity contribution in [1.82, 2.24) is 19.5 Å². The van der Waals surface area contributed by atoms with Crippen molar-refractivity contribution >= 4 is 33.4 Å². The number of carbonyl (C=O) groups excluding carboxylic acids is 2. The lowest BCUT2D eigenvalue weighted by Gasteiger charge is -2.29. The number of hydrogen-bond donors (Lipinski definition) is 1. The Morgan fingerprint density at radius 2 is 1.56 bits per heavy atom. The van der Waals surface area contributed by atoms with Gasteiger partial charge in [0.2, 0.25) is 21.8 Å². The average Bonchev–Trinajstić information content (AvgIpc) is 3.51. The molecular weight excluding hydrogens is 536 g/mol. The number of benzene rings is 2. The number of carbonyl (C=O) groups is 2. The van der Waals surface area contributed by atoms with Crippen molar-refractivity contribution in [3.63, 3.8) is 0 Å². The number of nitrogens with zero attached hydrogens (tertiary/aromatic N) is 3. The van der Waals surface area contributed by atoms with Crippen LogP contribution in [0, 0.1) is 0 Å². The summed E-state index contributed by atoms with van der Waals surface area (Å²) in [5.74, 6) is -0.434. The van der Waals surface area contributed by atoms with Crippen LogP contribution in [0.5, 0.6) is 0 Å². The number of amides is 2. The van der Waals surface area contributed by atoms with E-state index in [9.17, 15) is 18.0 Å². The maximum absolute atomic E-state index is 13.4. The van der Waals surface area contributed by atoms with E-state index in [4.69, 9.17) is 11.6 Å². The molecule has 0 radical (unpaired) electrons. The van der Waals surface area contributed by atoms with Crippen LogP contribution in [0.2, 0.25) is 5.02 Å². The summed E-state index contributed by atoms with van der Waals surface area (Å²) in [6, 6.07) is 16.8. The second-order valence-electron chi connectivity index (χ2n) is 9.65. The number of aryl methyl sites for hydroxylation is 1. The fourth-order valence-corrected chi connectivity index (χ4v) is 6.15. The summed E-state index contributed by atoms with van der Waals surface area (Å²) in [5, 5.41) is 3.50. The van der Waals surface area contributed by atoms with E-state index in [-0.39, 0.29) is 29.7 Å². The molecule has 1 atom stereocenters. The third kappa shape index (κ3) is 7.65. The molecule has 0 saturated carbocycles. The highest BCUT2D eigenvalue weighted by atomic mass is 35.5. The van der Waals surface area contributed by atoms with E-state index >= 15 is 0 Å². The molecule has 0 bridgehead atoms. The molecule has 4 rings (SSSR count). The van der Waals surface area contributed by atoms with Gasteiger partial charge < -0.3 is 10.2 Å². The molecular formula is C29H33ClN4O4S. The van der Waals surface area contributed by atoms with Gasteiger partial charge in [-0.15, -0.1) is 0 Å². The lowest BCUT2D eigenvalue weighted by atomic mass is 10.1. The molecule has 1 saturated heterocycles. The van der Waals surface area contributed by atoms with E-state index in [0.717, 1.165) is 29.5 Å². The molecule has 206 valence electrons. The van der Waals surface area contributed by atoms with Gasteiger partial charge in [0.1, 0.15) is 6.04 Å². The van der Waals surface area contributed by atoms with Gasteiger partial charge in [-0.2, -0.15) is 4.31 Å². The van der Waals surface area contributed by atoms with E-state index in [1.54, 1.807) is 60.6 Å². The van der Waals surface area contributed by atoms with Gasteiger partial charge in [0.15, 0.2) is 0 Å². The topological polar surface area (TPSA) is 99.7 Å². The minimum absolute atomic E-state index is 0.174. The SMILES string of the molecule is C[C@@H](C(=O)NCc1ccncc1)N(Cc1ccc(Cl)cc1)C(=O)CCc1ccc(S(=O)(=O)N2CCCC2)cc1. The number of nitrogens with one attached hydrogen (secondary N) is 1. The molecule has 2 amide bonds. The largest absolute Gasteiger partial charge is 0.350 e. The summed E-state index contributed by atoms with van der Waals surface area (Å²) in [6.45, 7) is 3.41. The van der Waals surface area contributed by atoms with Crippen LogP contribution in [-0.2, 0) is 39.1 Å². The zero-order chi connectivity index (χ0) is 27.8. The van der Waals surface area contributed by atoms with Crippen molar-refractivity contribution < 1.29 is 18.0 Å². The predicted molar refractivity (Wildman–Crippen MR) is 150 cm³/mol. The average molecular weight is 569 g/mol. The minimum Gasteiger partial charge on any atom is -0.350 e. The number of aromatic nitrogens is 1. The Kier molecular flexibility index (Phi) is 9.72. The van der Waals surface area contributed by atoms with Crippen molar-refractivity contribution in [3.8, 4) is 0 Å². The van der Waals surface area contributed by atoms with Gasteiger partial charge >= 0.3 is 0 Å². The predicted octanol–water partition coefficient (Wildman–Crippen LogP) is 4.19. The molecule has 1 fully saturated rings. The minimum atomic E-state index is -3.48. The lowest BCUT2D eigenvalue weighted by molar-refractivity contribution is -0.140. The van der Waals surface area contributed by atoms with Gasteiger partial charge in [0.25, 0.3) is 0 Å². The van der Waals surface area contributed by atoms with Crippen molar-refractivity contribution in [3.05, 3.63) is 94.8 Å². The molecule has 10 heteroatoms. The summed E-state index contributed by atoms with van der Waals surface area (Å²) in [5.41, 5.74) is 2.62. The Labute approximate surface area is 235 Å². The Morgan fingerprint density at radius 3 is 2.21 bits per heavy atom. The highest BCUT2D eigenvalue weighted by molar-refractivity contribution is 7.89. The van der Waals surface area contributed by atoms with Crippen LogP contribution in [0.3, 0.4) is 0 Å². The first-order valence-corrected chi connectivity index (χ1v) is 14.9. The lowest BCUT2D eigenvalue weighted by Crippen LogP contribution is -2.47. The first-order chi connectivity index (χ1) is 18.7. The molecule has 0 aliphatic carbocycles. The van der Waals surface area contributed by atoms with Crippen molar-refractivity contribution in [1.29, 1.82) is 0 Å². The number of sulfonamides is 1. The van der Waals surface area contributed by atoms with E-state index in [0.29, 0.717) is 31.1 Å².